The number of hydrogen-bond donors (Lipinski definition) is 5. The number of benzene rings is 1. The molecule has 1 aromatic heterocycles. The van der Waals surface area contributed by atoms with E-state index in [0.29, 0.717) is 48.8 Å². The topological polar surface area (TPSA) is 168 Å². The highest BCUT2D eigenvalue weighted by molar-refractivity contribution is 5.70. The zero-order valence-electron chi connectivity index (χ0n) is 20.8. The van der Waals surface area contributed by atoms with Gasteiger partial charge in [0.25, 0.3) is 0 Å². The number of carbonyl (C=O) groups is 1. The van der Waals surface area contributed by atoms with E-state index >= 15 is 0 Å². The number of carboxylic acid groups (broad SMARTS) is 1. The van der Waals surface area contributed by atoms with Gasteiger partial charge >= 0.3 is 5.97 Å². The lowest BCUT2D eigenvalue weighted by Crippen LogP contribution is -2.54. The number of hydrogen-bond acceptors (Lipinski definition) is 9. The summed E-state index contributed by atoms with van der Waals surface area (Å²) in [6.07, 6.45) is 10.7. The molecule has 2 atom stereocenters. The minimum Gasteiger partial charge on any atom is -0.507 e. The molecule has 3 aliphatic rings. The molecule has 196 valence electrons. The summed E-state index contributed by atoms with van der Waals surface area (Å²) in [5, 5.41) is 19.4. The summed E-state index contributed by atoms with van der Waals surface area (Å²) >= 11 is 0. The number of aromatic nitrogens is 2. The van der Waals surface area contributed by atoms with E-state index in [2.05, 4.69) is 9.80 Å². The molecule has 2 bridgehead atoms. The largest absolute Gasteiger partial charge is 0.507 e. The lowest BCUT2D eigenvalue weighted by molar-refractivity contribution is -0.142. The monoisotopic (exact) mass is 505 g/mol. The molecular formula is C27H35N7O3. The van der Waals surface area contributed by atoms with Crippen LogP contribution in [0, 0.1) is 5.92 Å². The van der Waals surface area contributed by atoms with Gasteiger partial charge in [-0.3, -0.25) is 4.79 Å². The second kappa shape index (κ2) is 10.2. The van der Waals surface area contributed by atoms with Gasteiger partial charge in [-0.2, -0.15) is 0 Å². The summed E-state index contributed by atoms with van der Waals surface area (Å²) in [4.78, 5) is 25.2. The van der Waals surface area contributed by atoms with E-state index in [1.165, 1.54) is 0 Å². The number of aliphatic carboxylic acids is 1. The molecule has 3 fully saturated rings. The number of nitrogens with two attached hydrogens (primary N) is 3. The van der Waals surface area contributed by atoms with Crippen molar-refractivity contribution in [3.8, 4) is 5.75 Å². The number of phenols is 1. The molecule has 10 heteroatoms. The first-order valence-corrected chi connectivity index (χ1v) is 12.9. The predicted molar refractivity (Wildman–Crippen MR) is 141 cm³/mol. The Bertz CT molecular complexity index is 1190. The number of allylic oxidation sites excluding steroid dienone is 1. The summed E-state index contributed by atoms with van der Waals surface area (Å²) in [5.74, 6) is 0.417. The van der Waals surface area contributed by atoms with Crippen molar-refractivity contribution >= 4 is 17.6 Å². The fraction of sp³-hybridized carbons (Fsp3) is 0.444. The maximum absolute atomic E-state index is 11.2. The average molecular weight is 506 g/mol. The first-order chi connectivity index (χ1) is 17.8. The number of phenolic OH excluding ortho intramolecular Hbond substituents is 1. The number of nitrogens with zero attached hydrogens (tertiary/aromatic N) is 4. The maximum Gasteiger partial charge on any atom is 0.306 e. The number of piperazine rings is 1. The normalized spacial score (nSPS) is 25.7. The van der Waals surface area contributed by atoms with Crippen LogP contribution in [0.4, 0.5) is 5.95 Å². The maximum atomic E-state index is 11.2. The predicted octanol–water partition coefficient (Wildman–Crippen LogP) is 2.28. The van der Waals surface area contributed by atoms with Crippen LogP contribution in [0.3, 0.4) is 0 Å². The molecule has 2 aromatic rings. The standard InChI is InChI=1S/C27H35N7O3/c28-22(21-3-1-2-4-24(21)35)11-23(25(29)30)33-14-19-9-10-20(15-33)34(19)27-31-12-18(13-32-27)16-5-7-17(8-6-16)26(36)37/h1-4,11-13,16-17,19-20,35H,5-10,14-15,28-30H2,(H,36,37)/b22-11-/t16-,17-,19?,20?. The second-order valence-corrected chi connectivity index (χ2v) is 10.4. The summed E-state index contributed by atoms with van der Waals surface area (Å²) in [6, 6.07) is 7.34. The highest BCUT2D eigenvalue weighted by Crippen LogP contribution is 2.38. The summed E-state index contributed by atoms with van der Waals surface area (Å²) in [6.45, 7) is 1.41. The molecule has 0 spiro atoms. The van der Waals surface area contributed by atoms with Gasteiger partial charge < -0.3 is 37.2 Å². The smallest absolute Gasteiger partial charge is 0.306 e. The van der Waals surface area contributed by atoms with Crippen LogP contribution in [0.15, 0.2) is 54.3 Å². The molecule has 5 rings (SSSR count). The van der Waals surface area contributed by atoms with Crippen LogP contribution < -0.4 is 22.1 Å². The van der Waals surface area contributed by atoms with Crippen LogP contribution in [-0.4, -0.2) is 56.2 Å². The zero-order chi connectivity index (χ0) is 26.1. The minimum atomic E-state index is -0.689. The third kappa shape index (κ3) is 5.00. The Morgan fingerprint density at radius 2 is 1.57 bits per heavy atom. The number of fused-ring (bicyclic) bond motifs is 2. The van der Waals surface area contributed by atoms with Crippen molar-refractivity contribution in [2.24, 2.45) is 23.1 Å². The van der Waals surface area contributed by atoms with Crippen LogP contribution in [0.1, 0.15) is 55.6 Å². The summed E-state index contributed by atoms with van der Waals surface area (Å²) < 4.78 is 0. The molecule has 1 aromatic carbocycles. The number of aromatic hydroxyl groups is 1. The Labute approximate surface area is 216 Å². The van der Waals surface area contributed by atoms with Crippen molar-refractivity contribution in [1.82, 2.24) is 14.9 Å². The van der Waals surface area contributed by atoms with Gasteiger partial charge in [0.05, 0.1) is 11.6 Å². The van der Waals surface area contributed by atoms with Crippen LogP contribution in [0.25, 0.3) is 5.70 Å². The number of rotatable bonds is 6. The molecule has 1 aliphatic carbocycles. The van der Waals surface area contributed by atoms with E-state index in [9.17, 15) is 15.0 Å². The van der Waals surface area contributed by atoms with Crippen LogP contribution in [0.2, 0.25) is 0 Å². The molecule has 1 saturated carbocycles. The molecule has 37 heavy (non-hydrogen) atoms. The zero-order valence-corrected chi connectivity index (χ0v) is 20.8. The molecule has 2 unspecified atom stereocenters. The Morgan fingerprint density at radius 1 is 0.946 bits per heavy atom. The molecule has 10 nitrogen and oxygen atoms in total. The third-order valence-electron chi connectivity index (χ3n) is 8.06. The molecule has 2 aliphatic heterocycles. The van der Waals surface area contributed by atoms with Crippen molar-refractivity contribution in [1.29, 1.82) is 0 Å². The van der Waals surface area contributed by atoms with Gasteiger partial charge in [0.2, 0.25) is 5.95 Å². The molecule has 3 heterocycles. The van der Waals surface area contributed by atoms with Gasteiger partial charge in [-0.15, -0.1) is 0 Å². The van der Waals surface area contributed by atoms with Gasteiger partial charge in [-0.05, 0) is 68.2 Å². The quantitative estimate of drug-likeness (QED) is 0.367. The number of likely N-dealkylation sites (tertiary alicyclic amines) is 1. The van der Waals surface area contributed by atoms with Gasteiger partial charge in [-0.1, -0.05) is 12.1 Å². The fourth-order valence-electron chi connectivity index (χ4n) is 6.08. The Hall–Kier alpha value is -3.95. The highest BCUT2D eigenvalue weighted by Gasteiger charge is 2.42. The highest BCUT2D eigenvalue weighted by atomic mass is 16.4. The molecule has 2 saturated heterocycles. The first kappa shape index (κ1) is 24.7. The van der Waals surface area contributed by atoms with Gasteiger partial charge in [0.15, 0.2) is 0 Å². The average Bonchev–Trinajstić information content (AvgIpc) is 3.16. The van der Waals surface area contributed by atoms with Crippen molar-refractivity contribution < 1.29 is 15.0 Å². The van der Waals surface area contributed by atoms with Gasteiger partial charge in [0.1, 0.15) is 11.6 Å². The fourth-order valence-corrected chi connectivity index (χ4v) is 6.08. The molecular weight excluding hydrogens is 470 g/mol. The molecule has 0 radical (unpaired) electrons. The van der Waals surface area contributed by atoms with E-state index in [4.69, 9.17) is 27.2 Å². The van der Waals surface area contributed by atoms with E-state index in [0.717, 1.165) is 37.2 Å². The van der Waals surface area contributed by atoms with Crippen LogP contribution >= 0.6 is 0 Å². The third-order valence-corrected chi connectivity index (χ3v) is 8.06. The Kier molecular flexibility index (Phi) is 6.82. The van der Waals surface area contributed by atoms with Gasteiger partial charge in [0, 0.05) is 48.8 Å². The van der Waals surface area contributed by atoms with E-state index in [1.807, 2.05) is 18.5 Å². The molecule has 8 N–H and O–H groups in total. The first-order valence-electron chi connectivity index (χ1n) is 12.9. The second-order valence-electron chi connectivity index (χ2n) is 10.4. The van der Waals surface area contributed by atoms with E-state index in [1.54, 1.807) is 24.3 Å². The SMILES string of the molecule is NC(N)=C(/C=C(\N)c1ccccc1O)N1CC2CCC(C1)N2c1ncc([C@H]2CC[C@H](C(=O)O)CC2)cn1. The Balaban J connectivity index is 1.28. The van der Waals surface area contributed by atoms with E-state index < -0.39 is 5.97 Å². The van der Waals surface area contributed by atoms with Crippen molar-refractivity contribution in [2.45, 2.75) is 56.5 Å². The lowest BCUT2D eigenvalue weighted by Gasteiger charge is -2.42. The van der Waals surface area contributed by atoms with Crippen molar-refractivity contribution in [2.75, 3.05) is 18.0 Å². The van der Waals surface area contributed by atoms with Crippen LogP contribution in [0.5, 0.6) is 5.75 Å². The number of anilines is 1. The van der Waals surface area contributed by atoms with E-state index in [-0.39, 0.29) is 29.6 Å². The number of para-hydroxylation sites is 1. The van der Waals surface area contributed by atoms with Crippen molar-refractivity contribution in [3.05, 3.63) is 65.4 Å². The summed E-state index contributed by atoms with van der Waals surface area (Å²) in [5.41, 5.74) is 21.2. The summed E-state index contributed by atoms with van der Waals surface area (Å²) in [7, 11) is 0. The Morgan fingerprint density at radius 3 is 2.14 bits per heavy atom. The van der Waals surface area contributed by atoms with Crippen molar-refractivity contribution in [3.63, 3.8) is 0 Å². The lowest BCUT2D eigenvalue weighted by atomic mass is 9.79. The number of carboxylic acids is 1. The minimum absolute atomic E-state index is 0.103. The van der Waals surface area contributed by atoms with Gasteiger partial charge in [-0.25, -0.2) is 9.97 Å². The molecule has 0 amide bonds. The van der Waals surface area contributed by atoms with Crippen LogP contribution in [-0.2, 0) is 4.79 Å².